The molecule has 3 heterocycles. The highest BCUT2D eigenvalue weighted by Gasteiger charge is 2.44. The van der Waals surface area contributed by atoms with Crippen molar-refractivity contribution in [1.82, 2.24) is 15.0 Å². The Morgan fingerprint density at radius 2 is 2.18 bits per heavy atom. The van der Waals surface area contributed by atoms with E-state index in [1.54, 1.807) is 0 Å². The van der Waals surface area contributed by atoms with Crippen LogP contribution >= 0.6 is 0 Å². The largest absolute Gasteiger partial charge is 0.377 e. The SMILES string of the molecule is CC(C)OCc1noc(CN2CC(C)(C)O[C@@H]3COC[C@H]32)n1. The molecule has 7 heteroatoms. The van der Waals surface area contributed by atoms with Crippen LogP contribution in [0.25, 0.3) is 0 Å². The fourth-order valence-corrected chi connectivity index (χ4v) is 3.03. The maximum Gasteiger partial charge on any atom is 0.240 e. The van der Waals surface area contributed by atoms with Crippen LogP contribution in [0.1, 0.15) is 39.4 Å². The molecule has 0 bridgehead atoms. The number of fused-ring (bicyclic) bond motifs is 1. The van der Waals surface area contributed by atoms with Crippen LogP contribution in [-0.4, -0.2) is 58.6 Å². The van der Waals surface area contributed by atoms with E-state index in [-0.39, 0.29) is 23.9 Å². The van der Waals surface area contributed by atoms with Gasteiger partial charge < -0.3 is 18.7 Å². The van der Waals surface area contributed by atoms with Gasteiger partial charge in [-0.1, -0.05) is 5.16 Å². The summed E-state index contributed by atoms with van der Waals surface area (Å²) in [5.74, 6) is 1.21. The summed E-state index contributed by atoms with van der Waals surface area (Å²) in [6.07, 6.45) is 0.272. The van der Waals surface area contributed by atoms with Crippen molar-refractivity contribution in [1.29, 1.82) is 0 Å². The van der Waals surface area contributed by atoms with Gasteiger partial charge in [0.2, 0.25) is 5.89 Å². The molecule has 0 unspecified atom stereocenters. The first-order chi connectivity index (χ1) is 10.4. The van der Waals surface area contributed by atoms with Crippen LogP contribution < -0.4 is 0 Å². The number of aromatic nitrogens is 2. The van der Waals surface area contributed by atoms with E-state index in [2.05, 4.69) is 28.9 Å². The van der Waals surface area contributed by atoms with Gasteiger partial charge in [-0.25, -0.2) is 0 Å². The highest BCUT2D eigenvalue weighted by atomic mass is 16.6. The van der Waals surface area contributed by atoms with E-state index in [4.69, 9.17) is 18.7 Å². The summed E-state index contributed by atoms with van der Waals surface area (Å²) in [5, 5.41) is 3.98. The summed E-state index contributed by atoms with van der Waals surface area (Å²) in [6.45, 7) is 11.3. The monoisotopic (exact) mass is 311 g/mol. The zero-order valence-corrected chi connectivity index (χ0v) is 13.7. The third-order valence-corrected chi connectivity index (χ3v) is 3.92. The second-order valence-corrected chi connectivity index (χ2v) is 6.89. The first-order valence-electron chi connectivity index (χ1n) is 7.85. The first kappa shape index (κ1) is 15.9. The van der Waals surface area contributed by atoms with Crippen LogP contribution in [-0.2, 0) is 27.4 Å². The smallest absolute Gasteiger partial charge is 0.240 e. The summed E-state index contributed by atoms with van der Waals surface area (Å²) < 4.78 is 22.5. The van der Waals surface area contributed by atoms with Gasteiger partial charge >= 0.3 is 0 Å². The van der Waals surface area contributed by atoms with E-state index in [0.717, 1.165) is 6.54 Å². The average molecular weight is 311 g/mol. The van der Waals surface area contributed by atoms with Crippen LogP contribution in [0.4, 0.5) is 0 Å². The minimum Gasteiger partial charge on any atom is -0.377 e. The highest BCUT2D eigenvalue weighted by Crippen LogP contribution is 2.30. The summed E-state index contributed by atoms with van der Waals surface area (Å²) in [5.41, 5.74) is -0.196. The molecule has 124 valence electrons. The van der Waals surface area contributed by atoms with Gasteiger partial charge in [-0.3, -0.25) is 4.90 Å². The number of hydrogen-bond acceptors (Lipinski definition) is 7. The fourth-order valence-electron chi connectivity index (χ4n) is 3.03. The van der Waals surface area contributed by atoms with Crippen molar-refractivity contribution in [3.8, 4) is 0 Å². The fraction of sp³-hybridized carbons (Fsp3) is 0.867. The van der Waals surface area contributed by atoms with Crippen molar-refractivity contribution in [2.75, 3.05) is 19.8 Å². The molecule has 1 aromatic rings. The zero-order valence-electron chi connectivity index (χ0n) is 13.7. The lowest BCUT2D eigenvalue weighted by Gasteiger charge is -2.44. The van der Waals surface area contributed by atoms with Crippen LogP contribution in [0.2, 0.25) is 0 Å². The van der Waals surface area contributed by atoms with Crippen LogP contribution in [0.3, 0.4) is 0 Å². The summed E-state index contributed by atoms with van der Waals surface area (Å²) in [7, 11) is 0. The predicted molar refractivity (Wildman–Crippen MR) is 78.2 cm³/mol. The molecule has 2 atom stereocenters. The van der Waals surface area contributed by atoms with E-state index in [9.17, 15) is 0 Å². The third-order valence-electron chi connectivity index (χ3n) is 3.92. The van der Waals surface area contributed by atoms with Crippen molar-refractivity contribution >= 4 is 0 Å². The van der Waals surface area contributed by atoms with Gasteiger partial charge in [0, 0.05) is 6.54 Å². The van der Waals surface area contributed by atoms with Gasteiger partial charge in [0.25, 0.3) is 0 Å². The Hall–Kier alpha value is -1.02. The molecule has 2 aliphatic rings. The lowest BCUT2D eigenvalue weighted by Crippen LogP contribution is -2.57. The van der Waals surface area contributed by atoms with Gasteiger partial charge in [0.05, 0.1) is 43.6 Å². The lowest BCUT2D eigenvalue weighted by molar-refractivity contribution is -0.152. The molecule has 0 saturated carbocycles. The number of hydrogen-bond donors (Lipinski definition) is 0. The molecule has 22 heavy (non-hydrogen) atoms. The first-order valence-corrected chi connectivity index (χ1v) is 7.85. The molecule has 0 radical (unpaired) electrons. The topological polar surface area (TPSA) is 69.9 Å². The molecule has 1 aromatic heterocycles. The van der Waals surface area contributed by atoms with E-state index < -0.39 is 0 Å². The second-order valence-electron chi connectivity index (χ2n) is 6.89. The van der Waals surface area contributed by atoms with Crippen LogP contribution in [0, 0.1) is 0 Å². The van der Waals surface area contributed by atoms with E-state index >= 15 is 0 Å². The Balaban J connectivity index is 1.64. The number of rotatable bonds is 5. The Morgan fingerprint density at radius 3 is 2.95 bits per heavy atom. The summed E-state index contributed by atoms with van der Waals surface area (Å²) in [6, 6.07) is 0.260. The van der Waals surface area contributed by atoms with Gasteiger partial charge in [0.1, 0.15) is 6.61 Å². The summed E-state index contributed by atoms with van der Waals surface area (Å²) >= 11 is 0. The molecule has 0 N–H and O–H groups in total. The lowest BCUT2D eigenvalue weighted by atomic mass is 10.0. The Kier molecular flexibility index (Phi) is 4.49. The van der Waals surface area contributed by atoms with Crippen molar-refractivity contribution in [2.24, 2.45) is 0 Å². The normalized spacial score (nSPS) is 28.2. The Labute approximate surface area is 130 Å². The molecule has 2 saturated heterocycles. The number of ether oxygens (including phenoxy) is 3. The van der Waals surface area contributed by atoms with Crippen LogP contribution in [0.5, 0.6) is 0 Å². The van der Waals surface area contributed by atoms with Gasteiger partial charge in [0.15, 0.2) is 5.82 Å². The summed E-state index contributed by atoms with van der Waals surface area (Å²) in [4.78, 5) is 6.73. The van der Waals surface area contributed by atoms with Crippen LogP contribution in [0.15, 0.2) is 4.52 Å². The molecule has 0 aromatic carbocycles. The van der Waals surface area contributed by atoms with Crippen molar-refractivity contribution in [2.45, 2.75) is 64.7 Å². The minimum absolute atomic E-state index is 0.121. The molecule has 2 fully saturated rings. The average Bonchev–Trinajstić information content (AvgIpc) is 3.04. The van der Waals surface area contributed by atoms with Gasteiger partial charge in [-0.15, -0.1) is 0 Å². The maximum absolute atomic E-state index is 6.08. The number of morpholine rings is 1. The maximum atomic E-state index is 6.08. The quantitative estimate of drug-likeness (QED) is 0.813. The standard InChI is InChI=1S/C15H25N3O4/c1-10(2)20-8-13-16-14(22-17-13)5-18-9-15(3,4)21-12-7-19-6-11(12)18/h10-12H,5-9H2,1-4H3/t11-,12-/m1/s1. The van der Waals surface area contributed by atoms with Gasteiger partial charge in [-0.2, -0.15) is 4.98 Å². The van der Waals surface area contributed by atoms with E-state index in [1.165, 1.54) is 0 Å². The molecular weight excluding hydrogens is 286 g/mol. The van der Waals surface area contributed by atoms with Crippen molar-refractivity contribution < 1.29 is 18.7 Å². The molecule has 0 aliphatic carbocycles. The second kappa shape index (κ2) is 6.23. The highest BCUT2D eigenvalue weighted by molar-refractivity contribution is 4.96. The molecule has 3 rings (SSSR count). The van der Waals surface area contributed by atoms with Crippen molar-refractivity contribution in [3.05, 3.63) is 11.7 Å². The predicted octanol–water partition coefficient (Wildman–Crippen LogP) is 1.37. The van der Waals surface area contributed by atoms with E-state index in [0.29, 0.717) is 38.1 Å². The Morgan fingerprint density at radius 1 is 1.36 bits per heavy atom. The minimum atomic E-state index is -0.196. The zero-order chi connectivity index (χ0) is 15.7. The molecule has 0 amide bonds. The Bertz CT molecular complexity index is 503. The molecule has 0 spiro atoms. The van der Waals surface area contributed by atoms with Gasteiger partial charge in [-0.05, 0) is 27.7 Å². The number of nitrogens with zero attached hydrogens (tertiary/aromatic N) is 3. The molecule has 7 nitrogen and oxygen atoms in total. The molecule has 2 aliphatic heterocycles. The third kappa shape index (κ3) is 3.65. The van der Waals surface area contributed by atoms with Crippen molar-refractivity contribution in [3.63, 3.8) is 0 Å². The van der Waals surface area contributed by atoms with E-state index in [1.807, 2.05) is 13.8 Å². The molecular formula is C15H25N3O4.